The SMILES string of the molecule is CC(C)Cc1cc([N+](=O)[O-])c(NC(=O)N2CC3CN(C4CCN(C)CC4)CC3C2)nc1-c1ccc(F)cc1. The third-order valence-electron chi connectivity index (χ3n) is 8.26. The molecule has 1 aromatic carbocycles. The highest BCUT2D eigenvalue weighted by Crippen LogP contribution is 2.36. The van der Waals surface area contributed by atoms with Crippen molar-refractivity contribution in [3.63, 3.8) is 0 Å². The summed E-state index contributed by atoms with van der Waals surface area (Å²) in [6.07, 6.45) is 2.95. The van der Waals surface area contributed by atoms with Crippen LogP contribution in [0.1, 0.15) is 32.3 Å². The second-order valence-corrected chi connectivity index (χ2v) is 11.6. The van der Waals surface area contributed by atoms with E-state index >= 15 is 0 Å². The standard InChI is InChI=1S/C28H37FN6O3/c1-18(2)12-20-13-25(35(37)38)27(30-26(20)19-4-6-23(29)7-5-19)31-28(36)34-16-21-14-33(15-22(21)17-34)24-8-10-32(3)11-9-24/h4-7,13,18,21-22,24H,8-12,14-17H2,1-3H3,(H,30,31,36). The van der Waals surface area contributed by atoms with Crippen LogP contribution >= 0.6 is 0 Å². The van der Waals surface area contributed by atoms with Crippen LogP contribution in [0, 0.1) is 33.7 Å². The number of halogens is 1. The first kappa shape index (κ1) is 26.5. The number of anilines is 1. The van der Waals surface area contributed by atoms with Crippen molar-refractivity contribution < 1.29 is 14.1 Å². The quantitative estimate of drug-likeness (QED) is 0.442. The van der Waals surface area contributed by atoms with Gasteiger partial charge >= 0.3 is 11.7 Å². The molecule has 3 aliphatic heterocycles. The molecule has 2 aromatic rings. The molecule has 10 heteroatoms. The predicted molar refractivity (Wildman–Crippen MR) is 144 cm³/mol. The van der Waals surface area contributed by atoms with Gasteiger partial charge in [-0.15, -0.1) is 0 Å². The van der Waals surface area contributed by atoms with Crippen molar-refractivity contribution >= 4 is 17.5 Å². The molecule has 1 N–H and O–H groups in total. The number of rotatable bonds is 6. The van der Waals surface area contributed by atoms with E-state index in [0.29, 0.717) is 54.2 Å². The number of benzene rings is 1. The van der Waals surface area contributed by atoms with Crippen LogP contribution in [-0.4, -0.2) is 83.0 Å². The summed E-state index contributed by atoms with van der Waals surface area (Å²) in [5.74, 6) is 0.632. The topological polar surface area (TPSA) is 94.8 Å². The fourth-order valence-corrected chi connectivity index (χ4v) is 6.26. The number of nitro groups is 1. The minimum absolute atomic E-state index is 0.0724. The molecule has 204 valence electrons. The molecular formula is C28H37FN6O3. The largest absolute Gasteiger partial charge is 0.324 e. The lowest BCUT2D eigenvalue weighted by Crippen LogP contribution is -2.44. The van der Waals surface area contributed by atoms with Gasteiger partial charge in [0.2, 0.25) is 5.82 Å². The Morgan fingerprint density at radius 2 is 1.76 bits per heavy atom. The molecule has 3 saturated heterocycles. The number of piperidine rings is 1. The van der Waals surface area contributed by atoms with Crippen molar-refractivity contribution in [1.82, 2.24) is 19.7 Å². The Balaban J connectivity index is 1.32. The highest BCUT2D eigenvalue weighted by atomic mass is 19.1. The van der Waals surface area contributed by atoms with Crippen LogP contribution in [0.25, 0.3) is 11.3 Å². The maximum atomic E-state index is 13.6. The Kier molecular flexibility index (Phi) is 7.63. The third-order valence-corrected chi connectivity index (χ3v) is 8.26. The van der Waals surface area contributed by atoms with Crippen LogP contribution in [0.3, 0.4) is 0 Å². The van der Waals surface area contributed by atoms with Crippen LogP contribution in [-0.2, 0) is 6.42 Å². The number of carbonyl (C=O) groups is 1. The van der Waals surface area contributed by atoms with Gasteiger partial charge in [0.05, 0.1) is 10.6 Å². The minimum Gasteiger partial charge on any atom is -0.324 e. The molecule has 1 aromatic heterocycles. The fraction of sp³-hybridized carbons (Fsp3) is 0.571. The number of fused-ring (bicyclic) bond motifs is 1. The molecule has 2 atom stereocenters. The Morgan fingerprint density at radius 1 is 1.13 bits per heavy atom. The van der Waals surface area contributed by atoms with E-state index in [2.05, 4.69) is 27.1 Å². The van der Waals surface area contributed by atoms with Crippen LogP contribution in [0.15, 0.2) is 30.3 Å². The number of amides is 2. The zero-order valence-corrected chi connectivity index (χ0v) is 22.4. The normalized spacial score (nSPS) is 22.7. The van der Waals surface area contributed by atoms with Gasteiger partial charge in [-0.25, -0.2) is 14.2 Å². The van der Waals surface area contributed by atoms with E-state index in [9.17, 15) is 19.3 Å². The van der Waals surface area contributed by atoms with E-state index in [0.717, 1.165) is 26.2 Å². The Bertz CT molecular complexity index is 1170. The molecule has 0 radical (unpaired) electrons. The van der Waals surface area contributed by atoms with Gasteiger partial charge in [-0.05, 0) is 87.0 Å². The molecule has 0 spiro atoms. The molecule has 3 fully saturated rings. The van der Waals surface area contributed by atoms with E-state index in [1.165, 1.54) is 31.0 Å². The average molecular weight is 525 g/mol. The lowest BCUT2D eigenvalue weighted by atomic mass is 9.97. The number of nitrogens with one attached hydrogen (secondary N) is 1. The van der Waals surface area contributed by atoms with Gasteiger partial charge in [-0.1, -0.05) is 13.8 Å². The molecule has 4 heterocycles. The van der Waals surface area contributed by atoms with E-state index in [1.54, 1.807) is 17.0 Å². The zero-order chi connectivity index (χ0) is 27.0. The second-order valence-electron chi connectivity index (χ2n) is 11.6. The summed E-state index contributed by atoms with van der Waals surface area (Å²) in [5.41, 5.74) is 1.64. The van der Waals surface area contributed by atoms with Crippen LogP contribution in [0.2, 0.25) is 0 Å². The van der Waals surface area contributed by atoms with Crippen molar-refractivity contribution in [2.75, 3.05) is 51.6 Å². The molecule has 2 amide bonds. The first-order valence-electron chi connectivity index (χ1n) is 13.6. The molecule has 9 nitrogen and oxygen atoms in total. The van der Waals surface area contributed by atoms with Gasteiger partial charge in [-0.3, -0.25) is 20.3 Å². The summed E-state index contributed by atoms with van der Waals surface area (Å²) in [7, 11) is 2.17. The summed E-state index contributed by atoms with van der Waals surface area (Å²) < 4.78 is 13.6. The third kappa shape index (κ3) is 5.66. The zero-order valence-electron chi connectivity index (χ0n) is 22.4. The first-order chi connectivity index (χ1) is 18.2. The molecule has 0 saturated carbocycles. The highest BCUT2D eigenvalue weighted by molar-refractivity contribution is 5.91. The maximum Gasteiger partial charge on any atom is 0.323 e. The predicted octanol–water partition coefficient (Wildman–Crippen LogP) is 4.48. The number of carbonyl (C=O) groups excluding carboxylic acids is 1. The summed E-state index contributed by atoms with van der Waals surface area (Å²) in [6, 6.07) is 7.66. The molecule has 0 bridgehead atoms. The monoisotopic (exact) mass is 524 g/mol. The van der Waals surface area contributed by atoms with Crippen molar-refractivity contribution in [1.29, 1.82) is 0 Å². The number of hydrogen-bond acceptors (Lipinski definition) is 6. The van der Waals surface area contributed by atoms with Crippen molar-refractivity contribution in [2.45, 2.75) is 39.2 Å². The van der Waals surface area contributed by atoms with Gasteiger partial charge in [0.1, 0.15) is 5.82 Å². The van der Waals surface area contributed by atoms with E-state index in [1.807, 2.05) is 13.8 Å². The smallest absolute Gasteiger partial charge is 0.323 e. The van der Waals surface area contributed by atoms with Gasteiger partial charge in [-0.2, -0.15) is 0 Å². The van der Waals surface area contributed by atoms with E-state index in [4.69, 9.17) is 0 Å². The molecular weight excluding hydrogens is 487 g/mol. The molecule has 0 aliphatic carbocycles. The first-order valence-corrected chi connectivity index (χ1v) is 13.6. The van der Waals surface area contributed by atoms with E-state index < -0.39 is 4.92 Å². The van der Waals surface area contributed by atoms with Gasteiger partial charge in [0, 0.05) is 43.9 Å². The number of aromatic nitrogens is 1. The Labute approximate surface area is 223 Å². The Morgan fingerprint density at radius 3 is 2.34 bits per heavy atom. The van der Waals surface area contributed by atoms with Gasteiger partial charge in [0.15, 0.2) is 0 Å². The molecule has 38 heavy (non-hydrogen) atoms. The van der Waals surface area contributed by atoms with Crippen LogP contribution in [0.5, 0.6) is 0 Å². The Hall–Kier alpha value is -3.11. The van der Waals surface area contributed by atoms with Crippen LogP contribution < -0.4 is 5.32 Å². The summed E-state index contributed by atoms with van der Waals surface area (Å²) in [6.45, 7) is 9.59. The number of urea groups is 1. The number of hydrogen-bond donors (Lipinski definition) is 1. The average Bonchev–Trinajstić information content (AvgIpc) is 3.45. The van der Waals surface area contributed by atoms with E-state index in [-0.39, 0.29) is 29.3 Å². The van der Waals surface area contributed by atoms with Crippen molar-refractivity contribution in [2.24, 2.45) is 17.8 Å². The molecule has 3 aliphatic rings. The maximum absolute atomic E-state index is 13.6. The van der Waals surface area contributed by atoms with Crippen LogP contribution in [0.4, 0.5) is 20.7 Å². The number of pyridine rings is 1. The summed E-state index contributed by atoms with van der Waals surface area (Å²) in [5, 5.41) is 14.7. The number of likely N-dealkylation sites (tertiary alicyclic amines) is 3. The lowest BCUT2D eigenvalue weighted by molar-refractivity contribution is -0.384. The molecule has 5 rings (SSSR count). The lowest BCUT2D eigenvalue weighted by Gasteiger charge is -2.35. The summed E-state index contributed by atoms with van der Waals surface area (Å²) in [4.78, 5) is 36.1. The van der Waals surface area contributed by atoms with Crippen molar-refractivity contribution in [3.05, 3.63) is 51.8 Å². The van der Waals surface area contributed by atoms with Gasteiger partial charge in [0.25, 0.3) is 0 Å². The number of nitrogens with zero attached hydrogens (tertiary/aromatic N) is 5. The fourth-order valence-electron chi connectivity index (χ4n) is 6.26. The summed E-state index contributed by atoms with van der Waals surface area (Å²) >= 11 is 0. The van der Waals surface area contributed by atoms with Gasteiger partial charge < -0.3 is 9.80 Å². The van der Waals surface area contributed by atoms with Crippen molar-refractivity contribution in [3.8, 4) is 11.3 Å². The highest BCUT2D eigenvalue weighted by Gasteiger charge is 2.44. The second kappa shape index (κ2) is 10.9. The minimum atomic E-state index is -0.501. The molecule has 2 unspecified atom stereocenters.